The zero-order valence-corrected chi connectivity index (χ0v) is 9.67. The highest BCUT2D eigenvalue weighted by molar-refractivity contribution is 5.66. The molecule has 0 saturated carbocycles. The van der Waals surface area contributed by atoms with Crippen molar-refractivity contribution >= 4 is 11.4 Å². The van der Waals surface area contributed by atoms with Crippen molar-refractivity contribution in [2.75, 3.05) is 18.5 Å². The van der Waals surface area contributed by atoms with Gasteiger partial charge in [0.05, 0.1) is 11.0 Å². The molecule has 1 aromatic carbocycles. The van der Waals surface area contributed by atoms with Gasteiger partial charge in [-0.25, -0.2) is 0 Å². The summed E-state index contributed by atoms with van der Waals surface area (Å²) in [6.07, 6.45) is -0.523. The molecule has 1 atom stereocenters. The molecule has 1 N–H and O–H groups in total. The van der Waals surface area contributed by atoms with E-state index in [9.17, 15) is 15.2 Å². The van der Waals surface area contributed by atoms with Crippen LogP contribution in [0.1, 0.15) is 12.5 Å². The topological polar surface area (TPSA) is 66.6 Å². The van der Waals surface area contributed by atoms with E-state index >= 15 is 0 Å². The summed E-state index contributed by atoms with van der Waals surface area (Å²) in [6.45, 7) is 3.72. The number of benzene rings is 1. The fourth-order valence-corrected chi connectivity index (χ4v) is 1.68. The van der Waals surface area contributed by atoms with Crippen molar-refractivity contribution in [3.63, 3.8) is 0 Å². The molecule has 1 rings (SSSR count). The second-order valence-electron chi connectivity index (χ2n) is 3.93. The number of nitro benzene ring substituents is 1. The number of aryl methyl sites for hydroxylation is 1. The lowest BCUT2D eigenvalue weighted by Crippen LogP contribution is -2.27. The number of para-hydroxylation sites is 1. The van der Waals surface area contributed by atoms with Crippen LogP contribution in [0.2, 0.25) is 0 Å². The first-order chi connectivity index (χ1) is 7.43. The first-order valence-electron chi connectivity index (χ1n) is 5.06. The molecule has 5 heteroatoms. The first kappa shape index (κ1) is 12.4. The fraction of sp³-hybridized carbons (Fsp3) is 0.455. The highest BCUT2D eigenvalue weighted by atomic mass is 16.6. The van der Waals surface area contributed by atoms with Gasteiger partial charge < -0.3 is 10.0 Å². The summed E-state index contributed by atoms with van der Waals surface area (Å²) in [7, 11) is 1.73. The van der Waals surface area contributed by atoms with E-state index in [0.29, 0.717) is 17.8 Å². The summed E-state index contributed by atoms with van der Waals surface area (Å²) in [5.74, 6) is 0. The molecule has 0 amide bonds. The maximum Gasteiger partial charge on any atom is 0.295 e. The molecule has 16 heavy (non-hydrogen) atoms. The Morgan fingerprint density at radius 1 is 1.56 bits per heavy atom. The van der Waals surface area contributed by atoms with Gasteiger partial charge in [0.1, 0.15) is 5.69 Å². The third-order valence-corrected chi connectivity index (χ3v) is 2.35. The second kappa shape index (κ2) is 4.94. The molecule has 1 aromatic rings. The number of hydrogen-bond donors (Lipinski definition) is 1. The highest BCUT2D eigenvalue weighted by Crippen LogP contribution is 2.30. The minimum absolute atomic E-state index is 0.102. The molecule has 0 aromatic heterocycles. The Morgan fingerprint density at radius 3 is 2.69 bits per heavy atom. The Labute approximate surface area is 94.5 Å². The monoisotopic (exact) mass is 224 g/mol. The molecular formula is C11H16N2O3. The van der Waals surface area contributed by atoms with E-state index in [1.165, 1.54) is 0 Å². The lowest BCUT2D eigenvalue weighted by atomic mass is 10.1. The van der Waals surface area contributed by atoms with Crippen LogP contribution >= 0.6 is 0 Å². The van der Waals surface area contributed by atoms with Gasteiger partial charge in [0.15, 0.2) is 0 Å². The zero-order chi connectivity index (χ0) is 12.3. The molecule has 0 aliphatic rings. The average molecular weight is 224 g/mol. The molecule has 0 saturated heterocycles. The number of anilines is 1. The molecule has 1 unspecified atom stereocenters. The van der Waals surface area contributed by atoms with Crippen molar-refractivity contribution in [1.29, 1.82) is 0 Å². The third kappa shape index (κ3) is 2.70. The summed E-state index contributed by atoms with van der Waals surface area (Å²) in [5.41, 5.74) is 1.26. The van der Waals surface area contributed by atoms with Gasteiger partial charge in [0, 0.05) is 19.2 Å². The number of aliphatic hydroxyl groups excluding tert-OH is 1. The normalized spacial score (nSPS) is 12.2. The van der Waals surface area contributed by atoms with E-state index in [0.717, 1.165) is 0 Å². The third-order valence-electron chi connectivity index (χ3n) is 2.35. The van der Waals surface area contributed by atoms with E-state index in [-0.39, 0.29) is 10.6 Å². The summed E-state index contributed by atoms with van der Waals surface area (Å²) < 4.78 is 0. The van der Waals surface area contributed by atoms with Crippen LogP contribution in [0.15, 0.2) is 18.2 Å². The number of aliphatic hydroxyl groups is 1. The average Bonchev–Trinajstić information content (AvgIpc) is 2.15. The fourth-order valence-electron chi connectivity index (χ4n) is 1.68. The maximum atomic E-state index is 10.9. The largest absolute Gasteiger partial charge is 0.392 e. The minimum Gasteiger partial charge on any atom is -0.392 e. The Hall–Kier alpha value is -1.62. The smallest absolute Gasteiger partial charge is 0.295 e. The van der Waals surface area contributed by atoms with E-state index in [4.69, 9.17) is 0 Å². The van der Waals surface area contributed by atoms with Crippen LogP contribution in [-0.2, 0) is 0 Å². The Morgan fingerprint density at radius 2 is 2.19 bits per heavy atom. The van der Waals surface area contributed by atoms with E-state index in [1.807, 2.05) is 0 Å². The van der Waals surface area contributed by atoms with E-state index < -0.39 is 6.10 Å². The van der Waals surface area contributed by atoms with Crippen molar-refractivity contribution in [1.82, 2.24) is 0 Å². The van der Waals surface area contributed by atoms with Crippen LogP contribution in [0.3, 0.4) is 0 Å². The highest BCUT2D eigenvalue weighted by Gasteiger charge is 2.20. The quantitative estimate of drug-likeness (QED) is 0.624. The number of hydrogen-bond acceptors (Lipinski definition) is 4. The van der Waals surface area contributed by atoms with Gasteiger partial charge in [-0.2, -0.15) is 0 Å². The molecule has 0 heterocycles. The van der Waals surface area contributed by atoms with E-state index in [1.54, 1.807) is 44.0 Å². The molecule has 0 aliphatic heterocycles. The first-order valence-corrected chi connectivity index (χ1v) is 5.06. The van der Waals surface area contributed by atoms with Crippen LogP contribution in [-0.4, -0.2) is 29.7 Å². The predicted octanol–water partition coefficient (Wildman–Crippen LogP) is 1.72. The Bertz CT molecular complexity index is 391. The standard InChI is InChI=1S/C11H16N2O3/c1-8-5-4-6-10(11(8)13(15)16)12(3)7-9(2)14/h4-6,9,14H,7H2,1-3H3. The maximum absolute atomic E-state index is 10.9. The van der Waals surface area contributed by atoms with Crippen LogP contribution in [0.4, 0.5) is 11.4 Å². The van der Waals surface area contributed by atoms with Gasteiger partial charge in [0.2, 0.25) is 0 Å². The molecule has 0 radical (unpaired) electrons. The van der Waals surface area contributed by atoms with Crippen molar-refractivity contribution in [2.24, 2.45) is 0 Å². The molecule has 88 valence electrons. The van der Waals surface area contributed by atoms with Gasteiger partial charge in [0.25, 0.3) is 5.69 Å². The number of nitro groups is 1. The van der Waals surface area contributed by atoms with Crippen molar-refractivity contribution in [3.8, 4) is 0 Å². The van der Waals surface area contributed by atoms with Crippen molar-refractivity contribution < 1.29 is 10.0 Å². The Balaban J connectivity index is 3.12. The Kier molecular flexibility index (Phi) is 3.84. The summed E-state index contributed by atoms with van der Waals surface area (Å²) in [5, 5.41) is 20.2. The summed E-state index contributed by atoms with van der Waals surface area (Å²) in [4.78, 5) is 12.3. The van der Waals surface area contributed by atoms with Crippen LogP contribution in [0.5, 0.6) is 0 Å². The molecule has 5 nitrogen and oxygen atoms in total. The lowest BCUT2D eigenvalue weighted by Gasteiger charge is -2.21. The van der Waals surface area contributed by atoms with Gasteiger partial charge in [-0.15, -0.1) is 0 Å². The molecule has 0 spiro atoms. The summed E-state index contributed by atoms with van der Waals surface area (Å²) >= 11 is 0. The molecular weight excluding hydrogens is 208 g/mol. The van der Waals surface area contributed by atoms with Gasteiger partial charge in [-0.1, -0.05) is 12.1 Å². The van der Waals surface area contributed by atoms with Gasteiger partial charge >= 0.3 is 0 Å². The SMILES string of the molecule is Cc1cccc(N(C)CC(C)O)c1[N+](=O)[O-]. The number of nitrogens with zero attached hydrogens (tertiary/aromatic N) is 2. The van der Waals surface area contributed by atoms with Crippen LogP contribution in [0, 0.1) is 17.0 Å². The van der Waals surface area contributed by atoms with Crippen molar-refractivity contribution in [3.05, 3.63) is 33.9 Å². The molecule has 0 aliphatic carbocycles. The van der Waals surface area contributed by atoms with Gasteiger partial charge in [-0.05, 0) is 19.9 Å². The van der Waals surface area contributed by atoms with Gasteiger partial charge in [-0.3, -0.25) is 10.1 Å². The molecule has 0 bridgehead atoms. The molecule has 0 fully saturated rings. The summed E-state index contributed by atoms with van der Waals surface area (Å²) in [6, 6.07) is 5.17. The van der Waals surface area contributed by atoms with E-state index in [2.05, 4.69) is 0 Å². The van der Waals surface area contributed by atoms with Crippen molar-refractivity contribution in [2.45, 2.75) is 20.0 Å². The number of rotatable bonds is 4. The minimum atomic E-state index is -0.523. The number of likely N-dealkylation sites (N-methyl/N-ethyl adjacent to an activating group) is 1. The lowest BCUT2D eigenvalue weighted by molar-refractivity contribution is -0.384. The predicted molar refractivity (Wildman–Crippen MR) is 62.8 cm³/mol. The van der Waals surface area contributed by atoms with Crippen LogP contribution in [0.25, 0.3) is 0 Å². The zero-order valence-electron chi connectivity index (χ0n) is 9.67. The second-order valence-corrected chi connectivity index (χ2v) is 3.93. The van der Waals surface area contributed by atoms with Crippen LogP contribution < -0.4 is 4.90 Å².